The van der Waals surface area contributed by atoms with Gasteiger partial charge in [-0.15, -0.1) is 0 Å². The van der Waals surface area contributed by atoms with Crippen LogP contribution in [0.3, 0.4) is 0 Å². The van der Waals surface area contributed by atoms with E-state index in [-0.39, 0.29) is 0 Å². The van der Waals surface area contributed by atoms with E-state index >= 15 is 0 Å². The second-order valence-corrected chi connectivity index (χ2v) is 6.47. The standard InChI is InChI=1S/C16H35N3/c1-6-16(7-2)14-19(13-10-17-16)12-9-8-11-18(5)15(3)4/h15,17H,6-14H2,1-5H3. The van der Waals surface area contributed by atoms with E-state index in [2.05, 4.69) is 49.9 Å². The molecule has 19 heavy (non-hydrogen) atoms. The summed E-state index contributed by atoms with van der Waals surface area (Å²) in [5, 5.41) is 3.74. The molecule has 1 aliphatic rings. The molecular weight excluding hydrogens is 234 g/mol. The highest BCUT2D eigenvalue weighted by molar-refractivity contribution is 4.92. The number of hydrogen-bond donors (Lipinski definition) is 1. The van der Waals surface area contributed by atoms with Crippen LogP contribution in [0.15, 0.2) is 0 Å². The van der Waals surface area contributed by atoms with Crippen molar-refractivity contribution in [3.63, 3.8) is 0 Å². The van der Waals surface area contributed by atoms with Crippen LogP contribution < -0.4 is 5.32 Å². The Hall–Kier alpha value is -0.120. The molecule has 0 saturated carbocycles. The third kappa shape index (κ3) is 5.41. The van der Waals surface area contributed by atoms with E-state index in [9.17, 15) is 0 Å². The van der Waals surface area contributed by atoms with Gasteiger partial charge in [-0.1, -0.05) is 13.8 Å². The normalized spacial score (nSPS) is 20.4. The molecule has 0 bridgehead atoms. The van der Waals surface area contributed by atoms with Crippen LogP contribution in [0.2, 0.25) is 0 Å². The van der Waals surface area contributed by atoms with Gasteiger partial charge in [0.2, 0.25) is 0 Å². The van der Waals surface area contributed by atoms with Crippen molar-refractivity contribution >= 4 is 0 Å². The molecule has 1 rings (SSSR count). The number of nitrogens with zero attached hydrogens (tertiary/aromatic N) is 2. The molecule has 0 radical (unpaired) electrons. The number of rotatable bonds is 8. The van der Waals surface area contributed by atoms with Crippen LogP contribution in [-0.4, -0.2) is 61.2 Å². The average Bonchev–Trinajstić information content (AvgIpc) is 2.43. The first-order valence-corrected chi connectivity index (χ1v) is 8.20. The van der Waals surface area contributed by atoms with Crippen LogP contribution in [-0.2, 0) is 0 Å². The number of unbranched alkanes of at least 4 members (excludes halogenated alkanes) is 1. The molecule has 0 unspecified atom stereocenters. The van der Waals surface area contributed by atoms with Gasteiger partial charge in [0.25, 0.3) is 0 Å². The minimum atomic E-state index is 0.382. The Labute approximate surface area is 120 Å². The molecule has 0 spiro atoms. The molecule has 1 fully saturated rings. The molecule has 0 atom stereocenters. The van der Waals surface area contributed by atoms with Gasteiger partial charge in [0.1, 0.15) is 0 Å². The van der Waals surface area contributed by atoms with Crippen molar-refractivity contribution in [1.82, 2.24) is 15.1 Å². The van der Waals surface area contributed by atoms with Gasteiger partial charge in [0.05, 0.1) is 0 Å². The first-order chi connectivity index (χ1) is 9.03. The molecule has 1 saturated heterocycles. The fourth-order valence-corrected chi connectivity index (χ4v) is 2.91. The molecule has 1 N–H and O–H groups in total. The summed E-state index contributed by atoms with van der Waals surface area (Å²) < 4.78 is 0. The van der Waals surface area contributed by atoms with Crippen LogP contribution in [0.5, 0.6) is 0 Å². The van der Waals surface area contributed by atoms with Gasteiger partial charge < -0.3 is 15.1 Å². The zero-order valence-electron chi connectivity index (χ0n) is 13.8. The van der Waals surface area contributed by atoms with Gasteiger partial charge in [0, 0.05) is 31.2 Å². The van der Waals surface area contributed by atoms with Gasteiger partial charge in [-0.2, -0.15) is 0 Å². The number of hydrogen-bond acceptors (Lipinski definition) is 3. The Bertz CT molecular complexity index is 236. The average molecular weight is 269 g/mol. The van der Waals surface area contributed by atoms with Crippen molar-refractivity contribution in [3.8, 4) is 0 Å². The lowest BCUT2D eigenvalue weighted by Crippen LogP contribution is -2.59. The van der Waals surface area contributed by atoms with Gasteiger partial charge in [-0.05, 0) is 59.7 Å². The molecule has 3 heteroatoms. The summed E-state index contributed by atoms with van der Waals surface area (Å²) in [5.41, 5.74) is 0.382. The molecule has 1 heterocycles. The van der Waals surface area contributed by atoms with Gasteiger partial charge in [0.15, 0.2) is 0 Å². The Morgan fingerprint density at radius 2 is 1.89 bits per heavy atom. The van der Waals surface area contributed by atoms with E-state index < -0.39 is 0 Å². The fourth-order valence-electron chi connectivity index (χ4n) is 2.91. The van der Waals surface area contributed by atoms with Crippen LogP contribution >= 0.6 is 0 Å². The van der Waals surface area contributed by atoms with Crippen LogP contribution in [0.25, 0.3) is 0 Å². The molecular formula is C16H35N3. The second-order valence-electron chi connectivity index (χ2n) is 6.47. The van der Waals surface area contributed by atoms with E-state index in [1.54, 1.807) is 0 Å². The SMILES string of the molecule is CCC1(CC)CN(CCCCN(C)C(C)C)CCN1. The van der Waals surface area contributed by atoms with Gasteiger partial charge in [-0.25, -0.2) is 0 Å². The number of piperazine rings is 1. The summed E-state index contributed by atoms with van der Waals surface area (Å²) in [7, 11) is 2.23. The Kier molecular flexibility index (Phi) is 7.33. The van der Waals surface area contributed by atoms with Crippen LogP contribution in [0.1, 0.15) is 53.4 Å². The van der Waals surface area contributed by atoms with Crippen molar-refractivity contribution in [1.29, 1.82) is 0 Å². The zero-order chi connectivity index (χ0) is 14.3. The Balaban J connectivity index is 2.22. The van der Waals surface area contributed by atoms with Crippen molar-refractivity contribution in [2.24, 2.45) is 0 Å². The van der Waals surface area contributed by atoms with E-state index in [4.69, 9.17) is 0 Å². The van der Waals surface area contributed by atoms with E-state index in [0.29, 0.717) is 11.6 Å². The molecule has 0 amide bonds. The van der Waals surface area contributed by atoms with E-state index in [1.165, 1.54) is 51.9 Å². The third-order valence-corrected chi connectivity index (χ3v) is 4.92. The first-order valence-electron chi connectivity index (χ1n) is 8.20. The maximum Gasteiger partial charge on any atom is 0.0304 e. The van der Waals surface area contributed by atoms with Crippen LogP contribution in [0, 0.1) is 0 Å². The summed E-state index contributed by atoms with van der Waals surface area (Å²) in [5.74, 6) is 0. The zero-order valence-corrected chi connectivity index (χ0v) is 13.8. The largest absolute Gasteiger partial charge is 0.309 e. The van der Waals surface area contributed by atoms with Crippen molar-refractivity contribution in [2.75, 3.05) is 39.8 Å². The highest BCUT2D eigenvalue weighted by Crippen LogP contribution is 2.20. The lowest BCUT2D eigenvalue weighted by molar-refractivity contribution is 0.121. The summed E-state index contributed by atoms with van der Waals surface area (Å²) in [6, 6.07) is 0.673. The van der Waals surface area contributed by atoms with Crippen molar-refractivity contribution < 1.29 is 0 Å². The first kappa shape index (κ1) is 16.9. The Morgan fingerprint density at radius 1 is 1.21 bits per heavy atom. The van der Waals surface area contributed by atoms with Gasteiger partial charge >= 0.3 is 0 Å². The molecule has 0 aromatic carbocycles. The molecule has 1 aliphatic heterocycles. The molecule has 0 aliphatic carbocycles. The third-order valence-electron chi connectivity index (χ3n) is 4.92. The lowest BCUT2D eigenvalue weighted by Gasteiger charge is -2.43. The molecule has 114 valence electrons. The topological polar surface area (TPSA) is 18.5 Å². The van der Waals surface area contributed by atoms with Crippen molar-refractivity contribution in [3.05, 3.63) is 0 Å². The lowest BCUT2D eigenvalue weighted by atomic mass is 9.90. The van der Waals surface area contributed by atoms with E-state index in [0.717, 1.165) is 6.54 Å². The molecule has 3 nitrogen and oxygen atoms in total. The quantitative estimate of drug-likeness (QED) is 0.683. The minimum Gasteiger partial charge on any atom is -0.309 e. The van der Waals surface area contributed by atoms with Crippen LogP contribution in [0.4, 0.5) is 0 Å². The predicted octanol–water partition coefficient (Wildman–Crippen LogP) is 2.57. The molecule has 0 aromatic heterocycles. The number of nitrogens with one attached hydrogen (secondary N) is 1. The van der Waals surface area contributed by atoms with E-state index in [1.807, 2.05) is 0 Å². The summed E-state index contributed by atoms with van der Waals surface area (Å²) in [6.45, 7) is 15.3. The maximum atomic E-state index is 3.74. The monoisotopic (exact) mass is 269 g/mol. The second kappa shape index (κ2) is 8.23. The predicted molar refractivity (Wildman–Crippen MR) is 84.8 cm³/mol. The smallest absolute Gasteiger partial charge is 0.0304 e. The summed E-state index contributed by atoms with van der Waals surface area (Å²) in [6.07, 6.45) is 5.15. The highest BCUT2D eigenvalue weighted by Gasteiger charge is 2.31. The molecule has 0 aromatic rings. The van der Waals surface area contributed by atoms with Crippen molar-refractivity contribution in [2.45, 2.75) is 65.0 Å². The summed E-state index contributed by atoms with van der Waals surface area (Å²) >= 11 is 0. The Morgan fingerprint density at radius 3 is 2.47 bits per heavy atom. The minimum absolute atomic E-state index is 0.382. The summed E-state index contributed by atoms with van der Waals surface area (Å²) in [4.78, 5) is 5.11. The maximum absolute atomic E-state index is 3.74. The highest BCUT2D eigenvalue weighted by atomic mass is 15.2. The van der Waals surface area contributed by atoms with Gasteiger partial charge in [-0.3, -0.25) is 0 Å². The fraction of sp³-hybridized carbons (Fsp3) is 1.00.